The molecule has 0 radical (unpaired) electrons. The molecule has 0 bridgehead atoms. The normalized spacial score (nSPS) is 11.6. The van der Waals surface area contributed by atoms with E-state index in [4.69, 9.17) is 5.73 Å². The van der Waals surface area contributed by atoms with Gasteiger partial charge in [-0.25, -0.2) is 8.42 Å². The maximum atomic E-state index is 12.7. The van der Waals surface area contributed by atoms with Crippen LogP contribution in [0.15, 0.2) is 58.5 Å². The van der Waals surface area contributed by atoms with Crippen LogP contribution in [0.5, 0.6) is 0 Å². The van der Waals surface area contributed by atoms with E-state index in [9.17, 15) is 8.42 Å². The summed E-state index contributed by atoms with van der Waals surface area (Å²) in [5.74, 6) is -0.00354. The summed E-state index contributed by atoms with van der Waals surface area (Å²) in [5, 5.41) is 7.46. The van der Waals surface area contributed by atoms with Crippen molar-refractivity contribution in [3.8, 4) is 5.69 Å². The third-order valence-corrected chi connectivity index (χ3v) is 5.20. The number of rotatable bonds is 3. The minimum Gasteiger partial charge on any atom is -0.381 e. The first-order valence-corrected chi connectivity index (χ1v) is 8.48. The Morgan fingerprint density at radius 3 is 2.35 bits per heavy atom. The zero-order valence-electron chi connectivity index (χ0n) is 12.8. The van der Waals surface area contributed by atoms with Crippen LogP contribution >= 0.6 is 0 Å². The van der Waals surface area contributed by atoms with E-state index in [-0.39, 0.29) is 15.7 Å². The van der Waals surface area contributed by atoms with Gasteiger partial charge in [0.2, 0.25) is 14.9 Å². The predicted molar refractivity (Wildman–Crippen MR) is 87.1 cm³/mol. The first kappa shape index (κ1) is 15.2. The van der Waals surface area contributed by atoms with Gasteiger partial charge in [0.15, 0.2) is 5.82 Å². The minimum atomic E-state index is -3.80. The van der Waals surface area contributed by atoms with E-state index in [1.165, 1.54) is 16.8 Å². The van der Waals surface area contributed by atoms with Gasteiger partial charge < -0.3 is 5.73 Å². The lowest BCUT2D eigenvalue weighted by atomic mass is 10.2. The SMILES string of the molecule is Cc1ccc(S(=O)(=O)c2nnn(-c3cccc(C)c3)c2N)cc1. The Kier molecular flexibility index (Phi) is 3.65. The fourth-order valence-corrected chi connectivity index (χ4v) is 3.47. The lowest BCUT2D eigenvalue weighted by molar-refractivity contribution is 0.592. The summed E-state index contributed by atoms with van der Waals surface area (Å²) in [5.41, 5.74) is 8.65. The number of hydrogen-bond acceptors (Lipinski definition) is 5. The number of sulfone groups is 1. The van der Waals surface area contributed by atoms with Crippen LogP contribution < -0.4 is 5.73 Å². The smallest absolute Gasteiger partial charge is 0.229 e. The Balaban J connectivity index is 2.10. The Morgan fingerprint density at radius 1 is 1.00 bits per heavy atom. The van der Waals surface area contributed by atoms with E-state index in [0.29, 0.717) is 5.69 Å². The molecule has 2 aromatic carbocycles. The summed E-state index contributed by atoms with van der Waals surface area (Å²) in [6.45, 7) is 3.82. The summed E-state index contributed by atoms with van der Waals surface area (Å²) >= 11 is 0. The average molecular weight is 328 g/mol. The van der Waals surface area contributed by atoms with Gasteiger partial charge in [-0.1, -0.05) is 35.0 Å². The zero-order valence-corrected chi connectivity index (χ0v) is 13.6. The van der Waals surface area contributed by atoms with Crippen molar-refractivity contribution in [3.63, 3.8) is 0 Å². The van der Waals surface area contributed by atoms with Gasteiger partial charge in [-0.2, -0.15) is 4.68 Å². The van der Waals surface area contributed by atoms with Gasteiger partial charge in [0.25, 0.3) is 0 Å². The molecule has 0 atom stereocenters. The van der Waals surface area contributed by atoms with Crippen molar-refractivity contribution in [2.24, 2.45) is 0 Å². The molecule has 6 nitrogen and oxygen atoms in total. The number of nitrogens with two attached hydrogens (primary N) is 1. The quantitative estimate of drug-likeness (QED) is 0.796. The van der Waals surface area contributed by atoms with Gasteiger partial charge in [-0.15, -0.1) is 5.10 Å². The highest BCUT2D eigenvalue weighted by Crippen LogP contribution is 2.25. The molecule has 3 aromatic rings. The average Bonchev–Trinajstić information content (AvgIpc) is 2.90. The van der Waals surface area contributed by atoms with Crippen LogP contribution in [-0.4, -0.2) is 23.4 Å². The van der Waals surface area contributed by atoms with E-state index in [1.54, 1.807) is 18.2 Å². The molecule has 7 heteroatoms. The van der Waals surface area contributed by atoms with Crippen molar-refractivity contribution in [1.29, 1.82) is 0 Å². The van der Waals surface area contributed by atoms with Crippen molar-refractivity contribution in [2.45, 2.75) is 23.8 Å². The van der Waals surface area contributed by atoms with E-state index >= 15 is 0 Å². The topological polar surface area (TPSA) is 90.9 Å². The molecule has 0 unspecified atom stereocenters. The molecular formula is C16H16N4O2S. The summed E-state index contributed by atoms with van der Waals surface area (Å²) in [6.07, 6.45) is 0. The molecule has 1 aromatic heterocycles. The highest BCUT2D eigenvalue weighted by molar-refractivity contribution is 7.91. The molecule has 1 heterocycles. The molecule has 118 valence electrons. The molecule has 3 rings (SSSR count). The largest absolute Gasteiger partial charge is 0.381 e. The Morgan fingerprint density at radius 2 is 1.70 bits per heavy atom. The van der Waals surface area contributed by atoms with Crippen LogP contribution in [0.1, 0.15) is 11.1 Å². The summed E-state index contributed by atoms with van der Waals surface area (Å²) < 4.78 is 26.7. The number of nitrogens with zero attached hydrogens (tertiary/aromatic N) is 3. The number of hydrogen-bond donors (Lipinski definition) is 1. The van der Waals surface area contributed by atoms with Gasteiger partial charge in [-0.3, -0.25) is 0 Å². The lowest BCUT2D eigenvalue weighted by Crippen LogP contribution is -2.08. The fraction of sp³-hybridized carbons (Fsp3) is 0.125. The number of benzene rings is 2. The molecule has 0 spiro atoms. The molecule has 0 amide bonds. The van der Waals surface area contributed by atoms with Gasteiger partial charge in [0.1, 0.15) is 0 Å². The number of anilines is 1. The van der Waals surface area contributed by atoms with Crippen molar-refractivity contribution in [3.05, 3.63) is 59.7 Å². The minimum absolute atomic E-state index is 0.00354. The van der Waals surface area contributed by atoms with Crippen molar-refractivity contribution < 1.29 is 8.42 Å². The molecule has 0 aliphatic rings. The molecule has 0 saturated heterocycles. The lowest BCUT2D eigenvalue weighted by Gasteiger charge is -2.05. The summed E-state index contributed by atoms with van der Waals surface area (Å²) in [4.78, 5) is 0.145. The van der Waals surface area contributed by atoms with Gasteiger partial charge in [-0.05, 0) is 43.7 Å². The molecule has 0 fully saturated rings. The first-order valence-electron chi connectivity index (χ1n) is 6.99. The van der Waals surface area contributed by atoms with Crippen LogP contribution in [-0.2, 0) is 9.84 Å². The second kappa shape index (κ2) is 5.51. The second-order valence-corrected chi connectivity index (χ2v) is 7.21. The third-order valence-electron chi connectivity index (χ3n) is 3.50. The molecular weight excluding hydrogens is 312 g/mol. The highest BCUT2D eigenvalue weighted by Gasteiger charge is 2.26. The highest BCUT2D eigenvalue weighted by atomic mass is 32.2. The predicted octanol–water partition coefficient (Wildman–Crippen LogP) is 2.30. The van der Waals surface area contributed by atoms with Gasteiger partial charge in [0.05, 0.1) is 10.6 Å². The summed E-state index contributed by atoms with van der Waals surface area (Å²) in [6, 6.07) is 14.0. The Hall–Kier alpha value is -2.67. The monoisotopic (exact) mass is 328 g/mol. The first-order chi connectivity index (χ1) is 10.9. The molecule has 0 aliphatic heterocycles. The van der Waals surface area contributed by atoms with Crippen LogP contribution in [0.2, 0.25) is 0 Å². The van der Waals surface area contributed by atoms with Gasteiger partial charge in [0, 0.05) is 0 Å². The van der Waals surface area contributed by atoms with Crippen molar-refractivity contribution >= 4 is 15.7 Å². The number of nitrogen functional groups attached to an aromatic ring is 1. The van der Waals surface area contributed by atoms with E-state index in [2.05, 4.69) is 10.3 Å². The number of aromatic nitrogens is 3. The van der Waals surface area contributed by atoms with Crippen LogP contribution in [0.3, 0.4) is 0 Å². The van der Waals surface area contributed by atoms with Crippen LogP contribution in [0.25, 0.3) is 5.69 Å². The third kappa shape index (κ3) is 2.70. The molecule has 0 aliphatic carbocycles. The van der Waals surface area contributed by atoms with Crippen molar-refractivity contribution in [2.75, 3.05) is 5.73 Å². The maximum Gasteiger partial charge on any atom is 0.229 e. The van der Waals surface area contributed by atoms with E-state index < -0.39 is 9.84 Å². The fourth-order valence-electron chi connectivity index (χ4n) is 2.25. The molecule has 23 heavy (non-hydrogen) atoms. The zero-order chi connectivity index (χ0) is 16.6. The van der Waals surface area contributed by atoms with E-state index in [0.717, 1.165) is 11.1 Å². The Bertz CT molecular complexity index is 960. The number of aryl methyl sites for hydroxylation is 2. The van der Waals surface area contributed by atoms with Crippen LogP contribution in [0.4, 0.5) is 5.82 Å². The molecule has 0 saturated carbocycles. The van der Waals surface area contributed by atoms with Crippen LogP contribution in [0, 0.1) is 13.8 Å². The molecule has 2 N–H and O–H groups in total. The van der Waals surface area contributed by atoms with Crippen molar-refractivity contribution in [1.82, 2.24) is 15.0 Å². The maximum absolute atomic E-state index is 12.7. The second-order valence-electron chi connectivity index (χ2n) is 5.35. The van der Waals surface area contributed by atoms with E-state index in [1.807, 2.05) is 32.0 Å². The standard InChI is InChI=1S/C16H16N4O2S/c1-11-6-8-14(9-7-11)23(21,22)16-15(17)20(19-18-16)13-5-3-4-12(2)10-13/h3-10H,17H2,1-2H3. The Labute approximate surface area is 134 Å². The van der Waals surface area contributed by atoms with Gasteiger partial charge >= 0.3 is 0 Å². The summed E-state index contributed by atoms with van der Waals surface area (Å²) in [7, 11) is -3.80.